The molecular formula is C22H23N5O3. The third kappa shape index (κ3) is 4.32. The van der Waals surface area contributed by atoms with Crippen LogP contribution in [0.4, 0.5) is 5.69 Å². The topological polar surface area (TPSA) is 80.6 Å². The zero-order valence-corrected chi connectivity index (χ0v) is 16.8. The number of benzene rings is 1. The maximum absolute atomic E-state index is 12.8. The average molecular weight is 405 g/mol. The molecule has 0 saturated carbocycles. The van der Waals surface area contributed by atoms with Crippen molar-refractivity contribution in [1.82, 2.24) is 19.7 Å². The zero-order chi connectivity index (χ0) is 20.9. The van der Waals surface area contributed by atoms with Gasteiger partial charge in [-0.05, 0) is 30.3 Å². The molecule has 0 aliphatic carbocycles. The number of carbonyl (C=O) groups is 1. The lowest BCUT2D eigenvalue weighted by Crippen LogP contribution is -2.50. The van der Waals surface area contributed by atoms with Gasteiger partial charge >= 0.3 is 0 Å². The largest absolute Gasteiger partial charge is 0.497 e. The molecule has 1 saturated heterocycles. The first-order chi connectivity index (χ1) is 14.6. The Morgan fingerprint density at radius 3 is 2.63 bits per heavy atom. The van der Waals surface area contributed by atoms with Gasteiger partial charge < -0.3 is 14.5 Å². The van der Waals surface area contributed by atoms with Gasteiger partial charge in [0.25, 0.3) is 5.56 Å². The molecule has 3 heterocycles. The zero-order valence-electron chi connectivity index (χ0n) is 16.8. The van der Waals surface area contributed by atoms with Crippen LogP contribution in [0.25, 0.3) is 11.3 Å². The summed E-state index contributed by atoms with van der Waals surface area (Å²) in [6.07, 6.45) is 3.35. The number of hydrogen-bond donors (Lipinski definition) is 0. The quantitative estimate of drug-likeness (QED) is 0.642. The van der Waals surface area contributed by atoms with Crippen molar-refractivity contribution in [2.75, 3.05) is 38.2 Å². The van der Waals surface area contributed by atoms with E-state index in [2.05, 4.69) is 15.0 Å². The summed E-state index contributed by atoms with van der Waals surface area (Å²) in [6, 6.07) is 14.6. The standard InChI is InChI=1S/C22H23N5O3/c1-30-19-6-2-5-18(14-19)25-10-12-26(13-11-25)22(29)16-27-21(28)8-7-20(24-27)17-4-3-9-23-15-17/h2-9,14-15H,10-13,16H2,1H3. The SMILES string of the molecule is COc1cccc(N2CCN(C(=O)Cn3nc(-c4cccnc4)ccc3=O)CC2)c1. The van der Waals surface area contributed by atoms with Gasteiger partial charge in [-0.2, -0.15) is 5.10 Å². The highest BCUT2D eigenvalue weighted by atomic mass is 16.5. The van der Waals surface area contributed by atoms with E-state index in [-0.39, 0.29) is 18.0 Å². The first-order valence-electron chi connectivity index (χ1n) is 9.79. The Bertz CT molecular complexity index is 1080. The Kier molecular flexibility index (Phi) is 5.74. The molecule has 0 N–H and O–H groups in total. The summed E-state index contributed by atoms with van der Waals surface area (Å²) in [4.78, 5) is 33.1. The summed E-state index contributed by atoms with van der Waals surface area (Å²) in [5.74, 6) is 0.697. The molecule has 4 rings (SSSR count). The lowest BCUT2D eigenvalue weighted by molar-refractivity contribution is -0.132. The molecule has 3 aromatic rings. The van der Waals surface area contributed by atoms with Crippen LogP contribution in [0.1, 0.15) is 0 Å². The lowest BCUT2D eigenvalue weighted by Gasteiger charge is -2.36. The van der Waals surface area contributed by atoms with Gasteiger partial charge in [0.2, 0.25) is 5.91 Å². The van der Waals surface area contributed by atoms with Crippen molar-refractivity contribution < 1.29 is 9.53 Å². The maximum atomic E-state index is 12.8. The van der Waals surface area contributed by atoms with Gasteiger partial charge in [0.15, 0.2) is 0 Å². The predicted octanol–water partition coefficient (Wildman–Crippen LogP) is 1.66. The second-order valence-electron chi connectivity index (χ2n) is 7.03. The van der Waals surface area contributed by atoms with Gasteiger partial charge in [0, 0.05) is 62.0 Å². The first-order valence-corrected chi connectivity index (χ1v) is 9.79. The number of hydrogen-bond acceptors (Lipinski definition) is 6. The second-order valence-corrected chi connectivity index (χ2v) is 7.03. The molecule has 1 fully saturated rings. The van der Waals surface area contributed by atoms with Gasteiger partial charge in [0.1, 0.15) is 12.3 Å². The number of carbonyl (C=O) groups excluding carboxylic acids is 1. The highest BCUT2D eigenvalue weighted by molar-refractivity contribution is 5.76. The molecule has 1 aliphatic heterocycles. The Labute approximate surface area is 174 Å². The van der Waals surface area contributed by atoms with E-state index in [0.717, 1.165) is 30.1 Å². The summed E-state index contributed by atoms with van der Waals surface area (Å²) in [6.45, 7) is 2.54. The highest BCUT2D eigenvalue weighted by Crippen LogP contribution is 2.22. The molecule has 1 amide bonds. The molecule has 0 bridgehead atoms. The molecule has 2 aromatic heterocycles. The van der Waals surface area contributed by atoms with Crippen molar-refractivity contribution >= 4 is 11.6 Å². The Morgan fingerprint density at radius 1 is 1.07 bits per heavy atom. The van der Waals surface area contributed by atoms with Crippen LogP contribution < -0.4 is 15.2 Å². The predicted molar refractivity (Wildman–Crippen MR) is 114 cm³/mol. The fourth-order valence-corrected chi connectivity index (χ4v) is 3.48. The number of anilines is 1. The van der Waals surface area contributed by atoms with E-state index < -0.39 is 0 Å². The van der Waals surface area contributed by atoms with Crippen molar-refractivity contribution in [3.05, 3.63) is 71.3 Å². The van der Waals surface area contributed by atoms with Crippen LogP contribution in [-0.4, -0.2) is 58.9 Å². The van der Waals surface area contributed by atoms with Crippen molar-refractivity contribution in [2.45, 2.75) is 6.54 Å². The summed E-state index contributed by atoms with van der Waals surface area (Å²) < 4.78 is 6.51. The van der Waals surface area contributed by atoms with Gasteiger partial charge in [0.05, 0.1) is 12.8 Å². The van der Waals surface area contributed by atoms with Crippen molar-refractivity contribution in [3.8, 4) is 17.0 Å². The van der Waals surface area contributed by atoms with Crippen LogP contribution in [0.3, 0.4) is 0 Å². The molecule has 1 aromatic carbocycles. The fourth-order valence-electron chi connectivity index (χ4n) is 3.48. The third-order valence-electron chi connectivity index (χ3n) is 5.16. The van der Waals surface area contributed by atoms with Gasteiger partial charge in [-0.25, -0.2) is 4.68 Å². The van der Waals surface area contributed by atoms with Gasteiger partial charge in [-0.3, -0.25) is 14.6 Å². The fraction of sp³-hybridized carbons (Fsp3) is 0.273. The number of piperazine rings is 1. The molecule has 0 radical (unpaired) electrons. The number of rotatable bonds is 5. The maximum Gasteiger partial charge on any atom is 0.267 e. The van der Waals surface area contributed by atoms with Crippen LogP contribution in [0.2, 0.25) is 0 Å². The van der Waals surface area contributed by atoms with E-state index in [9.17, 15) is 9.59 Å². The van der Waals surface area contributed by atoms with Crippen LogP contribution in [0, 0.1) is 0 Å². The molecule has 0 unspecified atom stereocenters. The molecular weight excluding hydrogens is 382 g/mol. The Balaban J connectivity index is 1.41. The van der Waals surface area contributed by atoms with Crippen LogP contribution in [-0.2, 0) is 11.3 Å². The number of pyridine rings is 1. The average Bonchev–Trinajstić information content (AvgIpc) is 2.81. The molecule has 8 heteroatoms. The number of nitrogens with zero attached hydrogens (tertiary/aromatic N) is 5. The molecule has 8 nitrogen and oxygen atoms in total. The number of aromatic nitrogens is 3. The van der Waals surface area contributed by atoms with E-state index in [1.807, 2.05) is 30.3 Å². The van der Waals surface area contributed by atoms with Crippen molar-refractivity contribution in [2.24, 2.45) is 0 Å². The Morgan fingerprint density at radius 2 is 1.90 bits per heavy atom. The van der Waals surface area contributed by atoms with Crippen molar-refractivity contribution in [3.63, 3.8) is 0 Å². The number of methoxy groups -OCH3 is 1. The first kappa shape index (κ1) is 19.6. The molecule has 0 atom stereocenters. The smallest absolute Gasteiger partial charge is 0.267 e. The third-order valence-corrected chi connectivity index (χ3v) is 5.16. The van der Waals surface area contributed by atoms with Crippen LogP contribution in [0.5, 0.6) is 5.75 Å². The van der Waals surface area contributed by atoms with E-state index in [1.165, 1.54) is 10.7 Å². The summed E-state index contributed by atoms with van der Waals surface area (Å²) in [5, 5.41) is 4.35. The minimum Gasteiger partial charge on any atom is -0.497 e. The monoisotopic (exact) mass is 405 g/mol. The minimum atomic E-state index is -0.300. The molecule has 30 heavy (non-hydrogen) atoms. The summed E-state index contributed by atoms with van der Waals surface area (Å²) >= 11 is 0. The highest BCUT2D eigenvalue weighted by Gasteiger charge is 2.22. The summed E-state index contributed by atoms with van der Waals surface area (Å²) in [5.41, 5.74) is 2.18. The second kappa shape index (κ2) is 8.77. The summed E-state index contributed by atoms with van der Waals surface area (Å²) in [7, 11) is 1.65. The van der Waals surface area contributed by atoms with Gasteiger partial charge in [-0.15, -0.1) is 0 Å². The number of ether oxygens (including phenoxy) is 1. The van der Waals surface area contributed by atoms with E-state index in [1.54, 1.807) is 36.5 Å². The van der Waals surface area contributed by atoms with E-state index >= 15 is 0 Å². The normalized spacial score (nSPS) is 13.9. The van der Waals surface area contributed by atoms with Crippen molar-refractivity contribution in [1.29, 1.82) is 0 Å². The molecule has 154 valence electrons. The molecule has 1 aliphatic rings. The van der Waals surface area contributed by atoms with Gasteiger partial charge in [-0.1, -0.05) is 6.07 Å². The number of amides is 1. The van der Waals surface area contributed by atoms with Crippen LogP contribution in [0.15, 0.2) is 65.7 Å². The minimum absolute atomic E-state index is 0.0773. The van der Waals surface area contributed by atoms with E-state index in [4.69, 9.17) is 4.74 Å². The van der Waals surface area contributed by atoms with Crippen LogP contribution >= 0.6 is 0 Å². The molecule has 0 spiro atoms. The lowest BCUT2D eigenvalue weighted by atomic mass is 10.2. The van der Waals surface area contributed by atoms with E-state index in [0.29, 0.717) is 18.8 Å². The Hall–Kier alpha value is -3.68.